The highest BCUT2D eigenvalue weighted by Gasteiger charge is 2.10. The summed E-state index contributed by atoms with van der Waals surface area (Å²) in [5.41, 5.74) is 6.32. The van der Waals surface area contributed by atoms with Gasteiger partial charge >= 0.3 is 0 Å². The zero-order valence-corrected chi connectivity index (χ0v) is 12.0. The second kappa shape index (κ2) is 8.14. The fraction of sp³-hybridized carbons (Fsp3) is 0.538. The van der Waals surface area contributed by atoms with Crippen LogP contribution in [0.25, 0.3) is 0 Å². The summed E-state index contributed by atoms with van der Waals surface area (Å²) in [6, 6.07) is 7.51. The van der Waals surface area contributed by atoms with Crippen LogP contribution in [-0.2, 0) is 14.6 Å². The van der Waals surface area contributed by atoms with E-state index < -0.39 is 9.84 Å². The van der Waals surface area contributed by atoms with Crippen LogP contribution in [-0.4, -0.2) is 46.3 Å². The first-order valence-electron chi connectivity index (χ1n) is 6.21. The van der Waals surface area contributed by atoms with Crippen LogP contribution >= 0.6 is 0 Å². The highest BCUT2D eigenvalue weighted by atomic mass is 32.2. The molecule has 108 valence electrons. The van der Waals surface area contributed by atoms with Gasteiger partial charge in [0, 0.05) is 6.54 Å². The van der Waals surface area contributed by atoms with Crippen LogP contribution in [0, 0.1) is 6.92 Å². The van der Waals surface area contributed by atoms with E-state index in [1.54, 1.807) is 0 Å². The molecule has 0 saturated heterocycles. The molecule has 0 bridgehead atoms. The molecular weight excluding hydrogens is 266 g/mol. The molecule has 0 aliphatic carbocycles. The number of benzene rings is 1. The first-order chi connectivity index (χ1) is 9.03. The number of ether oxygens (including phenoxy) is 2. The van der Waals surface area contributed by atoms with Gasteiger partial charge in [0.05, 0.1) is 24.7 Å². The zero-order valence-electron chi connectivity index (χ0n) is 11.2. The first-order valence-corrected chi connectivity index (χ1v) is 8.03. The van der Waals surface area contributed by atoms with Crippen LogP contribution in [0.5, 0.6) is 5.75 Å². The van der Waals surface area contributed by atoms with Crippen molar-refractivity contribution >= 4 is 9.84 Å². The Kier molecular flexibility index (Phi) is 6.83. The lowest BCUT2D eigenvalue weighted by Gasteiger charge is -2.08. The van der Waals surface area contributed by atoms with E-state index in [9.17, 15) is 8.42 Å². The predicted molar refractivity (Wildman–Crippen MR) is 75.2 cm³/mol. The third-order valence-corrected chi connectivity index (χ3v) is 4.03. The average Bonchev–Trinajstić information content (AvgIpc) is 2.35. The highest BCUT2D eigenvalue weighted by Crippen LogP contribution is 2.12. The van der Waals surface area contributed by atoms with Crippen LogP contribution in [0.2, 0.25) is 0 Å². The van der Waals surface area contributed by atoms with Crippen molar-refractivity contribution in [2.75, 3.05) is 37.9 Å². The Hall–Kier alpha value is -1.11. The Morgan fingerprint density at radius 3 is 2.58 bits per heavy atom. The Balaban J connectivity index is 2.27. The summed E-state index contributed by atoms with van der Waals surface area (Å²) in [5.74, 6) is 0.687. The number of aryl methyl sites for hydroxylation is 1. The van der Waals surface area contributed by atoms with Crippen molar-refractivity contribution in [1.29, 1.82) is 0 Å². The van der Waals surface area contributed by atoms with Gasteiger partial charge in [-0.3, -0.25) is 0 Å². The Bertz CT molecular complexity index is 473. The minimum atomic E-state index is -3.13. The van der Waals surface area contributed by atoms with E-state index in [1.165, 1.54) is 0 Å². The minimum Gasteiger partial charge on any atom is -0.493 e. The zero-order chi connectivity index (χ0) is 14.1. The smallest absolute Gasteiger partial charge is 0.155 e. The van der Waals surface area contributed by atoms with Crippen molar-refractivity contribution in [1.82, 2.24) is 0 Å². The van der Waals surface area contributed by atoms with Gasteiger partial charge in [-0.25, -0.2) is 8.42 Å². The van der Waals surface area contributed by atoms with Crippen LogP contribution < -0.4 is 10.5 Å². The highest BCUT2D eigenvalue weighted by molar-refractivity contribution is 7.91. The summed E-state index contributed by atoms with van der Waals surface area (Å²) in [5, 5.41) is 0. The summed E-state index contributed by atoms with van der Waals surface area (Å²) in [6.45, 7) is 3.08. The van der Waals surface area contributed by atoms with Gasteiger partial charge in [-0.05, 0) is 24.6 Å². The second-order valence-corrected chi connectivity index (χ2v) is 6.52. The third-order valence-electron chi connectivity index (χ3n) is 2.45. The molecule has 0 amide bonds. The summed E-state index contributed by atoms with van der Waals surface area (Å²) >= 11 is 0. The maximum absolute atomic E-state index is 11.7. The van der Waals surface area contributed by atoms with E-state index in [-0.39, 0.29) is 24.7 Å². The fourth-order valence-corrected chi connectivity index (χ4v) is 2.38. The molecule has 0 spiro atoms. The van der Waals surface area contributed by atoms with E-state index in [1.807, 2.05) is 31.2 Å². The van der Waals surface area contributed by atoms with Crippen LogP contribution in [0.3, 0.4) is 0 Å². The summed E-state index contributed by atoms with van der Waals surface area (Å²) < 4.78 is 33.8. The molecule has 0 unspecified atom stereocenters. The lowest BCUT2D eigenvalue weighted by atomic mass is 10.2. The van der Waals surface area contributed by atoms with E-state index in [0.717, 1.165) is 5.56 Å². The van der Waals surface area contributed by atoms with E-state index in [4.69, 9.17) is 15.2 Å². The molecule has 0 saturated carbocycles. The van der Waals surface area contributed by atoms with Gasteiger partial charge in [0.2, 0.25) is 0 Å². The molecule has 0 aliphatic heterocycles. The first kappa shape index (κ1) is 15.9. The van der Waals surface area contributed by atoms with Crippen molar-refractivity contribution in [2.45, 2.75) is 6.92 Å². The van der Waals surface area contributed by atoms with Crippen molar-refractivity contribution in [3.63, 3.8) is 0 Å². The quantitative estimate of drug-likeness (QED) is 0.679. The average molecular weight is 287 g/mol. The van der Waals surface area contributed by atoms with Crippen LogP contribution in [0.1, 0.15) is 5.56 Å². The third kappa shape index (κ3) is 7.15. The van der Waals surface area contributed by atoms with Crippen molar-refractivity contribution < 1.29 is 17.9 Å². The normalized spacial score (nSPS) is 11.5. The van der Waals surface area contributed by atoms with Gasteiger partial charge in [0.25, 0.3) is 0 Å². The number of hydrogen-bond donors (Lipinski definition) is 1. The van der Waals surface area contributed by atoms with Gasteiger partial charge < -0.3 is 15.2 Å². The molecule has 19 heavy (non-hydrogen) atoms. The van der Waals surface area contributed by atoms with Gasteiger partial charge in [0.1, 0.15) is 12.4 Å². The maximum Gasteiger partial charge on any atom is 0.155 e. The van der Waals surface area contributed by atoms with Crippen molar-refractivity contribution in [3.05, 3.63) is 29.8 Å². The molecule has 2 N–H and O–H groups in total. The largest absolute Gasteiger partial charge is 0.493 e. The number of nitrogens with two attached hydrogens (primary N) is 1. The molecule has 0 radical (unpaired) electrons. The standard InChI is InChI=1S/C13H21NO4S/c1-12-3-2-4-13(11-12)18-8-10-19(15,16)9-7-17-6-5-14/h2-4,11H,5-10,14H2,1H3. The topological polar surface area (TPSA) is 78.6 Å². The molecule has 0 aliphatic rings. The minimum absolute atomic E-state index is 0.00414. The molecule has 6 heteroatoms. The van der Waals surface area contributed by atoms with Gasteiger partial charge in [-0.2, -0.15) is 0 Å². The summed E-state index contributed by atoms with van der Waals surface area (Å²) in [4.78, 5) is 0. The predicted octanol–water partition coefficient (Wildman–Crippen LogP) is 0.764. The SMILES string of the molecule is Cc1cccc(OCCS(=O)(=O)CCOCCN)c1. The monoisotopic (exact) mass is 287 g/mol. The molecular formula is C13H21NO4S. The number of sulfone groups is 1. The summed E-state index contributed by atoms with van der Waals surface area (Å²) in [6.07, 6.45) is 0. The summed E-state index contributed by atoms with van der Waals surface area (Å²) in [7, 11) is -3.13. The maximum atomic E-state index is 11.7. The van der Waals surface area contributed by atoms with Crippen molar-refractivity contribution in [3.8, 4) is 5.75 Å². The molecule has 1 aromatic carbocycles. The lowest BCUT2D eigenvalue weighted by Crippen LogP contribution is -2.21. The Labute approximate surface area is 114 Å². The van der Waals surface area contributed by atoms with E-state index >= 15 is 0 Å². The van der Waals surface area contributed by atoms with Gasteiger partial charge in [-0.15, -0.1) is 0 Å². The van der Waals surface area contributed by atoms with Crippen LogP contribution in [0.15, 0.2) is 24.3 Å². The van der Waals surface area contributed by atoms with Gasteiger partial charge in [-0.1, -0.05) is 12.1 Å². The van der Waals surface area contributed by atoms with E-state index in [0.29, 0.717) is 18.9 Å². The number of hydrogen-bond acceptors (Lipinski definition) is 5. The Morgan fingerprint density at radius 2 is 1.89 bits per heavy atom. The molecule has 0 atom stereocenters. The van der Waals surface area contributed by atoms with Crippen LogP contribution in [0.4, 0.5) is 0 Å². The Morgan fingerprint density at radius 1 is 1.16 bits per heavy atom. The molecule has 1 rings (SSSR count). The fourth-order valence-electron chi connectivity index (χ4n) is 1.46. The molecule has 0 fully saturated rings. The number of rotatable bonds is 9. The van der Waals surface area contributed by atoms with Crippen molar-refractivity contribution in [2.24, 2.45) is 5.73 Å². The molecule has 1 aromatic rings. The van der Waals surface area contributed by atoms with E-state index in [2.05, 4.69) is 0 Å². The molecule has 0 heterocycles. The lowest BCUT2D eigenvalue weighted by molar-refractivity contribution is 0.157. The second-order valence-electron chi connectivity index (χ2n) is 4.22. The molecule has 0 aromatic heterocycles. The molecule has 5 nitrogen and oxygen atoms in total. The van der Waals surface area contributed by atoms with Gasteiger partial charge in [0.15, 0.2) is 9.84 Å².